The van der Waals surface area contributed by atoms with E-state index in [0.717, 1.165) is 18.5 Å². The molecule has 0 fully saturated rings. The van der Waals surface area contributed by atoms with Crippen LogP contribution in [0.4, 0.5) is 5.69 Å². The van der Waals surface area contributed by atoms with Crippen LogP contribution in [-0.2, 0) is 11.3 Å². The monoisotopic (exact) mass is 211 g/mol. The molecule has 1 aromatic rings. The van der Waals surface area contributed by atoms with Gasteiger partial charge in [-0.05, 0) is 24.1 Å². The van der Waals surface area contributed by atoms with Gasteiger partial charge in [-0.25, -0.2) is 0 Å². The number of aliphatic hydroxyl groups is 1. The number of nitrogens with one attached hydrogen (secondary N) is 1. The molecule has 1 aromatic carbocycles. The number of aliphatic hydroxyl groups excluding tert-OH is 1. The van der Waals surface area contributed by atoms with Crippen molar-refractivity contribution in [3.63, 3.8) is 0 Å². The summed E-state index contributed by atoms with van der Waals surface area (Å²) in [5.74, 6) is 0.199. The van der Waals surface area contributed by atoms with Crippen LogP contribution in [0.2, 0.25) is 0 Å². The van der Waals surface area contributed by atoms with E-state index in [0.29, 0.717) is 12.3 Å². The van der Waals surface area contributed by atoms with E-state index in [-0.39, 0.29) is 12.4 Å². The van der Waals surface area contributed by atoms with Crippen molar-refractivity contribution < 1.29 is 14.9 Å². The van der Waals surface area contributed by atoms with Crippen LogP contribution in [0, 0.1) is 0 Å². The molecule has 0 radical (unpaired) electrons. The van der Waals surface area contributed by atoms with Gasteiger partial charge in [-0.3, -0.25) is 0 Å². The summed E-state index contributed by atoms with van der Waals surface area (Å²) < 4.78 is 4.91. The molecule has 84 valence electrons. The van der Waals surface area contributed by atoms with E-state index < -0.39 is 0 Å². The smallest absolute Gasteiger partial charge is 0.138 e. The average Bonchev–Trinajstić information content (AvgIpc) is 2.26. The lowest BCUT2D eigenvalue weighted by atomic mass is 10.2. The molecule has 0 heterocycles. The molecule has 0 aliphatic heterocycles. The van der Waals surface area contributed by atoms with Crippen LogP contribution in [-0.4, -0.2) is 30.5 Å². The van der Waals surface area contributed by atoms with Crippen molar-refractivity contribution in [2.45, 2.75) is 13.0 Å². The van der Waals surface area contributed by atoms with Gasteiger partial charge in [0.2, 0.25) is 0 Å². The van der Waals surface area contributed by atoms with Gasteiger partial charge in [0, 0.05) is 20.3 Å². The maximum atomic E-state index is 9.51. The molecule has 0 aromatic heterocycles. The summed E-state index contributed by atoms with van der Waals surface area (Å²) in [4.78, 5) is 0. The Hall–Kier alpha value is -1.26. The van der Waals surface area contributed by atoms with E-state index in [1.165, 1.54) is 0 Å². The van der Waals surface area contributed by atoms with E-state index in [2.05, 4.69) is 5.32 Å². The van der Waals surface area contributed by atoms with E-state index in [1.807, 2.05) is 0 Å². The van der Waals surface area contributed by atoms with Gasteiger partial charge in [-0.2, -0.15) is 0 Å². The third-order valence-electron chi connectivity index (χ3n) is 2.08. The molecule has 0 atom stereocenters. The van der Waals surface area contributed by atoms with E-state index in [4.69, 9.17) is 9.84 Å². The Balaban J connectivity index is 2.51. The van der Waals surface area contributed by atoms with Crippen LogP contribution in [0.25, 0.3) is 0 Å². The second-order valence-electron chi connectivity index (χ2n) is 3.28. The highest BCUT2D eigenvalue weighted by Crippen LogP contribution is 2.23. The zero-order valence-electron chi connectivity index (χ0n) is 8.86. The van der Waals surface area contributed by atoms with E-state index in [9.17, 15) is 5.11 Å². The fraction of sp³-hybridized carbons (Fsp3) is 0.455. The van der Waals surface area contributed by atoms with E-state index in [1.54, 1.807) is 25.3 Å². The number of ether oxygens (including phenoxy) is 1. The van der Waals surface area contributed by atoms with Crippen LogP contribution in [0.3, 0.4) is 0 Å². The van der Waals surface area contributed by atoms with Gasteiger partial charge in [0.05, 0.1) is 12.3 Å². The minimum Gasteiger partial charge on any atom is -0.506 e. The number of anilines is 1. The van der Waals surface area contributed by atoms with Gasteiger partial charge in [-0.15, -0.1) is 0 Å². The van der Waals surface area contributed by atoms with Crippen molar-refractivity contribution in [2.75, 3.05) is 25.6 Å². The number of benzene rings is 1. The molecule has 0 spiro atoms. The topological polar surface area (TPSA) is 61.7 Å². The van der Waals surface area contributed by atoms with Crippen molar-refractivity contribution in [3.8, 4) is 5.75 Å². The highest BCUT2D eigenvalue weighted by atomic mass is 16.5. The Labute approximate surface area is 89.5 Å². The maximum absolute atomic E-state index is 9.51. The second-order valence-corrected chi connectivity index (χ2v) is 3.28. The second kappa shape index (κ2) is 6.27. The molecule has 0 amide bonds. The predicted molar refractivity (Wildman–Crippen MR) is 59.0 cm³/mol. The predicted octanol–water partition coefficient (Wildman–Crippen LogP) is 1.33. The lowest BCUT2D eigenvalue weighted by Crippen LogP contribution is -2.05. The van der Waals surface area contributed by atoms with Gasteiger partial charge in [0.25, 0.3) is 0 Å². The summed E-state index contributed by atoms with van der Waals surface area (Å²) in [6.45, 7) is 1.40. The molecule has 1 rings (SSSR count). The number of rotatable bonds is 6. The molecule has 0 aliphatic carbocycles. The highest BCUT2D eigenvalue weighted by molar-refractivity contribution is 5.57. The Morgan fingerprint density at radius 2 is 2.20 bits per heavy atom. The van der Waals surface area contributed by atoms with Crippen molar-refractivity contribution in [3.05, 3.63) is 23.8 Å². The zero-order chi connectivity index (χ0) is 11.1. The minimum absolute atomic E-state index is 0.0208. The third-order valence-corrected chi connectivity index (χ3v) is 2.08. The van der Waals surface area contributed by atoms with Crippen molar-refractivity contribution in [1.29, 1.82) is 0 Å². The van der Waals surface area contributed by atoms with Crippen LogP contribution in [0.1, 0.15) is 12.0 Å². The summed E-state index contributed by atoms with van der Waals surface area (Å²) >= 11 is 0. The van der Waals surface area contributed by atoms with Crippen LogP contribution >= 0.6 is 0 Å². The third kappa shape index (κ3) is 3.77. The van der Waals surface area contributed by atoms with Gasteiger partial charge in [0.1, 0.15) is 5.75 Å². The minimum atomic E-state index is -0.0208. The average molecular weight is 211 g/mol. The molecule has 0 unspecified atom stereocenters. The first-order valence-electron chi connectivity index (χ1n) is 4.93. The molecular formula is C11H17NO3. The molecule has 4 heteroatoms. The summed E-state index contributed by atoms with van der Waals surface area (Å²) in [5, 5.41) is 21.5. The lowest BCUT2D eigenvalue weighted by molar-refractivity contribution is 0.197. The van der Waals surface area contributed by atoms with E-state index >= 15 is 0 Å². The van der Waals surface area contributed by atoms with Crippen molar-refractivity contribution in [2.24, 2.45) is 0 Å². The Bertz CT molecular complexity index is 302. The first kappa shape index (κ1) is 11.8. The fourth-order valence-electron chi connectivity index (χ4n) is 1.26. The normalized spacial score (nSPS) is 10.3. The quantitative estimate of drug-likeness (QED) is 0.491. The highest BCUT2D eigenvalue weighted by Gasteiger charge is 2.01. The first-order chi connectivity index (χ1) is 7.27. The number of hydrogen-bond acceptors (Lipinski definition) is 4. The summed E-state index contributed by atoms with van der Waals surface area (Å²) in [7, 11) is 1.66. The Morgan fingerprint density at radius 3 is 2.87 bits per heavy atom. The van der Waals surface area contributed by atoms with Gasteiger partial charge >= 0.3 is 0 Å². The summed E-state index contributed by atoms with van der Waals surface area (Å²) in [5.41, 5.74) is 1.43. The maximum Gasteiger partial charge on any atom is 0.138 e. The molecule has 0 saturated heterocycles. The largest absolute Gasteiger partial charge is 0.506 e. The summed E-state index contributed by atoms with van der Waals surface area (Å²) in [6.07, 6.45) is 0.874. The van der Waals surface area contributed by atoms with Crippen molar-refractivity contribution >= 4 is 5.69 Å². The fourth-order valence-corrected chi connectivity index (χ4v) is 1.26. The van der Waals surface area contributed by atoms with Crippen LogP contribution < -0.4 is 5.32 Å². The standard InChI is InChI=1S/C11H17NO3/c1-15-6-2-5-12-10-7-9(8-13)3-4-11(10)14/h3-4,7,12-14H,2,5-6,8H2,1H3. The molecule has 15 heavy (non-hydrogen) atoms. The van der Waals surface area contributed by atoms with Gasteiger partial charge < -0.3 is 20.3 Å². The van der Waals surface area contributed by atoms with Gasteiger partial charge in [0.15, 0.2) is 0 Å². The van der Waals surface area contributed by atoms with Crippen LogP contribution in [0.15, 0.2) is 18.2 Å². The first-order valence-corrected chi connectivity index (χ1v) is 4.93. The number of hydrogen-bond donors (Lipinski definition) is 3. The zero-order valence-corrected chi connectivity index (χ0v) is 8.86. The summed E-state index contributed by atoms with van der Waals surface area (Å²) in [6, 6.07) is 5.00. The number of phenolic OH excluding ortho intramolecular Hbond substituents is 1. The molecule has 0 bridgehead atoms. The number of methoxy groups -OCH3 is 1. The SMILES string of the molecule is COCCCNc1cc(CO)ccc1O. The van der Waals surface area contributed by atoms with Crippen molar-refractivity contribution in [1.82, 2.24) is 0 Å². The van der Waals surface area contributed by atoms with Gasteiger partial charge in [-0.1, -0.05) is 6.07 Å². The molecule has 4 nitrogen and oxygen atoms in total. The Morgan fingerprint density at radius 1 is 1.40 bits per heavy atom. The van der Waals surface area contributed by atoms with Crippen LogP contribution in [0.5, 0.6) is 5.75 Å². The number of aromatic hydroxyl groups is 1. The molecule has 0 aliphatic rings. The Kier molecular flexibility index (Phi) is 4.93. The number of phenols is 1. The lowest BCUT2D eigenvalue weighted by Gasteiger charge is -2.09. The molecule has 3 N–H and O–H groups in total. The molecule has 0 saturated carbocycles. The molecular weight excluding hydrogens is 194 g/mol.